The van der Waals surface area contributed by atoms with Crippen molar-refractivity contribution in [1.82, 2.24) is 4.31 Å². The monoisotopic (exact) mass is 291 g/mol. The first-order valence-electron chi connectivity index (χ1n) is 6.85. The summed E-state index contributed by atoms with van der Waals surface area (Å²) in [6, 6.07) is 9.70. The van der Waals surface area contributed by atoms with Crippen molar-refractivity contribution in [2.75, 3.05) is 6.26 Å². The van der Waals surface area contributed by atoms with Crippen LogP contribution in [0.2, 0.25) is 0 Å². The fourth-order valence-electron chi connectivity index (χ4n) is 3.12. The molecule has 1 aliphatic heterocycles. The largest absolute Gasteiger partial charge is 0.212 e. The molecule has 1 aromatic rings. The van der Waals surface area contributed by atoms with Gasteiger partial charge in [-0.2, -0.15) is 4.31 Å². The lowest BCUT2D eigenvalue weighted by Crippen LogP contribution is -2.67. The first-order chi connectivity index (χ1) is 9.36. The number of terminal acetylenes is 1. The number of sulfonamides is 1. The van der Waals surface area contributed by atoms with Gasteiger partial charge in [0.1, 0.15) is 0 Å². The maximum atomic E-state index is 12.0. The number of benzene rings is 1. The normalized spacial score (nSPS) is 27.1. The highest BCUT2D eigenvalue weighted by Gasteiger charge is 2.52. The summed E-state index contributed by atoms with van der Waals surface area (Å²) in [7, 11) is -3.23. The van der Waals surface area contributed by atoms with Crippen molar-refractivity contribution in [3.63, 3.8) is 0 Å². The van der Waals surface area contributed by atoms with Crippen molar-refractivity contribution < 1.29 is 8.42 Å². The summed E-state index contributed by atoms with van der Waals surface area (Å²) in [5.74, 6) is 3.01. The summed E-state index contributed by atoms with van der Waals surface area (Å²) in [5, 5.41) is 0. The first kappa shape index (κ1) is 15.1. The second-order valence-electron chi connectivity index (χ2n) is 5.78. The molecule has 1 heterocycles. The van der Waals surface area contributed by atoms with Crippen LogP contribution >= 0.6 is 0 Å². The van der Waals surface area contributed by atoms with E-state index >= 15 is 0 Å². The Morgan fingerprint density at radius 2 is 1.90 bits per heavy atom. The van der Waals surface area contributed by atoms with Gasteiger partial charge in [-0.3, -0.25) is 0 Å². The SMILES string of the molecule is C#C[C@@H]1[C@H](Cc2ccccc2)N(S(C)(=O)=O)[C@H]1C(C)C. The molecule has 1 saturated heterocycles. The van der Waals surface area contributed by atoms with Crippen LogP contribution in [0.5, 0.6) is 0 Å². The van der Waals surface area contributed by atoms with Gasteiger partial charge in [0.2, 0.25) is 10.0 Å². The van der Waals surface area contributed by atoms with E-state index in [9.17, 15) is 8.42 Å². The number of nitrogens with zero attached hydrogens (tertiary/aromatic N) is 1. The number of hydrogen-bond donors (Lipinski definition) is 0. The molecule has 0 saturated carbocycles. The molecule has 1 fully saturated rings. The van der Waals surface area contributed by atoms with E-state index in [0.29, 0.717) is 6.42 Å². The fraction of sp³-hybridized carbons (Fsp3) is 0.500. The van der Waals surface area contributed by atoms with Gasteiger partial charge in [0.25, 0.3) is 0 Å². The van der Waals surface area contributed by atoms with Crippen LogP contribution in [0.15, 0.2) is 30.3 Å². The Kier molecular flexibility index (Phi) is 4.22. The molecule has 1 aromatic carbocycles. The molecule has 2 rings (SSSR count). The average Bonchev–Trinajstić information content (AvgIpc) is 2.33. The van der Waals surface area contributed by atoms with Crippen molar-refractivity contribution >= 4 is 10.0 Å². The van der Waals surface area contributed by atoms with Crippen LogP contribution in [0, 0.1) is 24.2 Å². The van der Waals surface area contributed by atoms with E-state index in [0.717, 1.165) is 5.56 Å². The highest BCUT2D eigenvalue weighted by atomic mass is 32.2. The van der Waals surface area contributed by atoms with E-state index in [1.165, 1.54) is 6.26 Å². The molecule has 0 aliphatic carbocycles. The summed E-state index contributed by atoms with van der Waals surface area (Å²) in [6.07, 6.45) is 7.58. The lowest BCUT2D eigenvalue weighted by Gasteiger charge is -2.53. The lowest BCUT2D eigenvalue weighted by atomic mass is 9.75. The van der Waals surface area contributed by atoms with Gasteiger partial charge < -0.3 is 0 Å². The summed E-state index contributed by atoms with van der Waals surface area (Å²) in [6.45, 7) is 4.04. The third kappa shape index (κ3) is 2.74. The van der Waals surface area contributed by atoms with Crippen LogP contribution in [0.25, 0.3) is 0 Å². The van der Waals surface area contributed by atoms with Gasteiger partial charge >= 0.3 is 0 Å². The van der Waals surface area contributed by atoms with Crippen molar-refractivity contribution in [1.29, 1.82) is 0 Å². The molecule has 3 atom stereocenters. The predicted octanol–water partition coefficient (Wildman–Crippen LogP) is 2.15. The maximum Gasteiger partial charge on any atom is 0.211 e. The van der Waals surface area contributed by atoms with E-state index in [-0.39, 0.29) is 23.9 Å². The van der Waals surface area contributed by atoms with E-state index < -0.39 is 10.0 Å². The van der Waals surface area contributed by atoms with Crippen LogP contribution in [-0.4, -0.2) is 31.1 Å². The molecule has 0 unspecified atom stereocenters. The van der Waals surface area contributed by atoms with Gasteiger partial charge in [-0.1, -0.05) is 50.1 Å². The first-order valence-corrected chi connectivity index (χ1v) is 8.69. The molecular weight excluding hydrogens is 270 g/mol. The van der Waals surface area contributed by atoms with Gasteiger partial charge in [-0.05, 0) is 17.9 Å². The molecule has 0 N–H and O–H groups in total. The van der Waals surface area contributed by atoms with Crippen LogP contribution < -0.4 is 0 Å². The highest BCUT2D eigenvalue weighted by Crippen LogP contribution is 2.40. The predicted molar refractivity (Wildman–Crippen MR) is 81.6 cm³/mol. The molecular formula is C16H21NO2S. The van der Waals surface area contributed by atoms with Crippen molar-refractivity contribution in [2.24, 2.45) is 11.8 Å². The molecule has 1 aliphatic rings. The number of hydrogen-bond acceptors (Lipinski definition) is 2. The van der Waals surface area contributed by atoms with Crippen molar-refractivity contribution in [3.05, 3.63) is 35.9 Å². The quantitative estimate of drug-likeness (QED) is 0.797. The molecule has 0 aromatic heterocycles. The Morgan fingerprint density at radius 3 is 2.35 bits per heavy atom. The second-order valence-corrected chi connectivity index (χ2v) is 7.66. The van der Waals surface area contributed by atoms with Gasteiger partial charge in [-0.15, -0.1) is 6.42 Å². The van der Waals surface area contributed by atoms with E-state index in [2.05, 4.69) is 5.92 Å². The third-order valence-corrected chi connectivity index (χ3v) is 5.23. The summed E-state index contributed by atoms with van der Waals surface area (Å²) >= 11 is 0. The topological polar surface area (TPSA) is 37.4 Å². The zero-order chi connectivity index (χ0) is 14.9. The Morgan fingerprint density at radius 1 is 1.30 bits per heavy atom. The Balaban J connectivity index is 2.28. The molecule has 108 valence electrons. The van der Waals surface area contributed by atoms with E-state index in [4.69, 9.17) is 6.42 Å². The summed E-state index contributed by atoms with van der Waals surface area (Å²) in [5.41, 5.74) is 1.12. The Bertz CT molecular complexity index is 601. The highest BCUT2D eigenvalue weighted by molar-refractivity contribution is 7.88. The minimum Gasteiger partial charge on any atom is -0.212 e. The fourth-order valence-corrected chi connectivity index (χ4v) is 4.64. The molecule has 0 amide bonds. The van der Waals surface area contributed by atoms with Crippen LogP contribution in [0.4, 0.5) is 0 Å². The van der Waals surface area contributed by atoms with Crippen molar-refractivity contribution in [3.8, 4) is 12.3 Å². The Labute approximate surface area is 122 Å². The van der Waals surface area contributed by atoms with E-state index in [1.54, 1.807) is 4.31 Å². The zero-order valence-electron chi connectivity index (χ0n) is 12.2. The van der Waals surface area contributed by atoms with Crippen LogP contribution in [0.1, 0.15) is 19.4 Å². The Hall–Kier alpha value is -1.31. The standard InChI is InChI=1S/C16H21NO2S/c1-5-14-15(11-13-9-7-6-8-10-13)17(20(4,18)19)16(14)12(2)3/h1,6-10,12,14-16H,11H2,2-4H3/t14-,15+,16+/m1/s1. The molecule has 3 nitrogen and oxygen atoms in total. The minimum atomic E-state index is -3.23. The smallest absolute Gasteiger partial charge is 0.211 e. The molecule has 4 heteroatoms. The lowest BCUT2D eigenvalue weighted by molar-refractivity contribution is 0.0271. The third-order valence-electron chi connectivity index (χ3n) is 3.95. The average molecular weight is 291 g/mol. The maximum absolute atomic E-state index is 12.0. The molecule has 0 radical (unpaired) electrons. The van der Waals surface area contributed by atoms with Crippen LogP contribution in [-0.2, 0) is 16.4 Å². The van der Waals surface area contributed by atoms with Gasteiger partial charge in [0, 0.05) is 12.1 Å². The minimum absolute atomic E-state index is 0.00932. The molecule has 0 spiro atoms. The summed E-state index contributed by atoms with van der Waals surface area (Å²) < 4.78 is 25.7. The van der Waals surface area contributed by atoms with Gasteiger partial charge in [0.05, 0.1) is 12.2 Å². The van der Waals surface area contributed by atoms with Crippen LogP contribution in [0.3, 0.4) is 0 Å². The summed E-state index contributed by atoms with van der Waals surface area (Å²) in [4.78, 5) is 0. The molecule has 0 bridgehead atoms. The number of rotatable bonds is 4. The second kappa shape index (κ2) is 5.59. The zero-order valence-corrected chi connectivity index (χ0v) is 13.0. The van der Waals surface area contributed by atoms with Gasteiger partial charge in [0.15, 0.2) is 0 Å². The van der Waals surface area contributed by atoms with Crippen molar-refractivity contribution in [2.45, 2.75) is 32.4 Å². The molecule has 20 heavy (non-hydrogen) atoms. The van der Waals surface area contributed by atoms with Gasteiger partial charge in [-0.25, -0.2) is 8.42 Å². The van der Waals surface area contributed by atoms with E-state index in [1.807, 2.05) is 44.2 Å².